The third kappa shape index (κ3) is 8.78. The summed E-state index contributed by atoms with van der Waals surface area (Å²) < 4.78 is 1.49. The van der Waals surface area contributed by atoms with Crippen molar-refractivity contribution >= 4 is 24.8 Å². The fourth-order valence-electron chi connectivity index (χ4n) is 6.00. The van der Waals surface area contributed by atoms with Crippen molar-refractivity contribution in [3.8, 4) is 11.1 Å². The van der Waals surface area contributed by atoms with Crippen LogP contribution in [0.2, 0.25) is 0 Å². The molecular weight excluding hydrogens is 691 g/mol. The zero-order valence-electron chi connectivity index (χ0n) is 29.6. The third-order valence-corrected chi connectivity index (χ3v) is 10.2. The molecule has 0 radical (unpaired) electrons. The number of benzene rings is 4. The summed E-state index contributed by atoms with van der Waals surface area (Å²) in [4.78, 5) is 0. The van der Waals surface area contributed by atoms with E-state index in [9.17, 15) is 0 Å². The molecule has 5 aromatic carbocycles. The van der Waals surface area contributed by atoms with Gasteiger partial charge >= 0.3 is 98.2 Å². The van der Waals surface area contributed by atoms with E-state index in [1.54, 1.807) is 0 Å². The van der Waals surface area contributed by atoms with Gasteiger partial charge in [0.2, 0.25) is 0 Å². The summed E-state index contributed by atoms with van der Waals surface area (Å²) in [5.74, 6) is 0.522. The summed E-state index contributed by atoms with van der Waals surface area (Å²) >= 11 is 1.50. The Morgan fingerprint density at radius 1 is 0.574 bits per heavy atom. The van der Waals surface area contributed by atoms with Gasteiger partial charge in [-0.2, -0.15) is 11.6 Å². The Kier molecular flexibility index (Phi) is 12.4. The SMILES string of the molecule is CC(C)(C)c1ccc2[cH-]c3ccc(C(C)(C)C)cc3c2c1.CC1[C-]=CC(C(C)(C)C)=C1.[Cl-].[Cl-].[Zr+2]=[C]1c2ccccc2-c2ccccc21. The van der Waals surface area contributed by atoms with Crippen LogP contribution >= 0.6 is 0 Å². The third-order valence-electron chi connectivity index (χ3n) is 8.92. The molecule has 0 saturated heterocycles. The van der Waals surface area contributed by atoms with Crippen molar-refractivity contribution in [3.05, 3.63) is 137 Å². The minimum atomic E-state index is 0. The predicted octanol–water partition coefficient (Wildman–Crippen LogP) is 6.07. The molecule has 2 aliphatic carbocycles. The molecule has 0 saturated carbocycles. The van der Waals surface area contributed by atoms with Gasteiger partial charge in [-0.3, -0.25) is 6.08 Å². The van der Waals surface area contributed by atoms with E-state index in [-0.39, 0.29) is 35.6 Å². The van der Waals surface area contributed by atoms with E-state index >= 15 is 0 Å². The number of allylic oxidation sites excluding steroid dienone is 4. The van der Waals surface area contributed by atoms with E-state index in [0.29, 0.717) is 11.3 Å². The monoisotopic (exact) mass is 736 g/mol. The molecule has 0 N–H and O–H groups in total. The van der Waals surface area contributed by atoms with Crippen molar-refractivity contribution in [2.45, 2.75) is 80.1 Å². The van der Waals surface area contributed by atoms with Crippen molar-refractivity contribution in [2.75, 3.05) is 0 Å². The molecule has 244 valence electrons. The zero-order valence-corrected chi connectivity index (χ0v) is 33.6. The van der Waals surface area contributed by atoms with Gasteiger partial charge in [0, 0.05) is 0 Å². The molecule has 1 unspecified atom stereocenters. The van der Waals surface area contributed by atoms with E-state index < -0.39 is 0 Å². The first kappa shape index (κ1) is 39.0. The van der Waals surface area contributed by atoms with Gasteiger partial charge in [-0.25, -0.2) is 6.08 Å². The molecule has 0 spiro atoms. The molecule has 0 bridgehead atoms. The Morgan fingerprint density at radius 3 is 1.30 bits per heavy atom. The second kappa shape index (κ2) is 15.0. The van der Waals surface area contributed by atoms with Crippen LogP contribution in [-0.4, -0.2) is 3.21 Å². The Morgan fingerprint density at radius 2 is 0.979 bits per heavy atom. The molecule has 7 rings (SSSR count). The molecule has 3 heteroatoms. The van der Waals surface area contributed by atoms with Crippen LogP contribution in [0.3, 0.4) is 0 Å². The average Bonchev–Trinajstić information content (AvgIpc) is 3.66. The first-order chi connectivity index (χ1) is 21.0. The topological polar surface area (TPSA) is 0 Å². The molecule has 0 fully saturated rings. The molecule has 0 nitrogen and oxygen atoms in total. The van der Waals surface area contributed by atoms with Crippen molar-refractivity contribution < 1.29 is 49.0 Å². The van der Waals surface area contributed by atoms with Crippen LogP contribution in [0.25, 0.3) is 32.7 Å². The Bertz CT molecular complexity index is 1810. The van der Waals surface area contributed by atoms with Gasteiger partial charge in [0.15, 0.2) is 0 Å². The van der Waals surface area contributed by atoms with Gasteiger partial charge in [-0.05, 0) is 10.8 Å². The van der Waals surface area contributed by atoms with Crippen LogP contribution in [0.1, 0.15) is 91.5 Å². The van der Waals surface area contributed by atoms with Crippen molar-refractivity contribution in [1.82, 2.24) is 0 Å². The summed E-state index contributed by atoms with van der Waals surface area (Å²) in [6.07, 6.45) is 7.65. The fraction of sp³-hybridized carbons (Fsp3) is 0.318. The fourth-order valence-corrected chi connectivity index (χ4v) is 7.07. The molecule has 0 amide bonds. The first-order valence-corrected chi connectivity index (χ1v) is 17.5. The van der Waals surface area contributed by atoms with Crippen LogP contribution in [0, 0.1) is 17.4 Å². The van der Waals surface area contributed by atoms with Gasteiger partial charge in [0.05, 0.1) is 0 Å². The summed E-state index contributed by atoms with van der Waals surface area (Å²) in [7, 11) is 0. The van der Waals surface area contributed by atoms with E-state index in [1.165, 1.54) is 87.9 Å². The van der Waals surface area contributed by atoms with Gasteiger partial charge in [0.1, 0.15) is 0 Å². The standard InChI is InChI=1S/C21H25.C13H8.C10H15.2ClH.Zr/c1-20(2,3)16-9-7-14-11-15-8-10-17(21(4,5)6)13-19(15)18(14)12-16;1-3-7-12-10(5-1)9-11-6-2-4-8-13(11)12;1-8-5-6-9(7-8)10(2,3)4;;;/h7-13H,1-6H3;1-8H;6-8H,1-4H3;2*1H;/q-1;;-1;;;+2/p-2. The molecule has 0 aromatic heterocycles. The second-order valence-corrected chi connectivity index (χ2v) is 16.9. The molecule has 0 heterocycles. The van der Waals surface area contributed by atoms with E-state index in [1.807, 2.05) is 0 Å². The van der Waals surface area contributed by atoms with Crippen molar-refractivity contribution in [2.24, 2.45) is 11.3 Å². The number of rotatable bonds is 0. The number of fused-ring (bicyclic) bond motifs is 6. The molecule has 1 atom stereocenters. The minimum absolute atomic E-state index is 0. The van der Waals surface area contributed by atoms with Crippen molar-refractivity contribution in [3.63, 3.8) is 0 Å². The van der Waals surface area contributed by atoms with Crippen LogP contribution in [0.5, 0.6) is 0 Å². The van der Waals surface area contributed by atoms with E-state index in [4.69, 9.17) is 0 Å². The maximum absolute atomic E-state index is 3.26. The summed E-state index contributed by atoms with van der Waals surface area (Å²) in [5.41, 5.74) is 10.6. The van der Waals surface area contributed by atoms with Crippen LogP contribution in [0.15, 0.2) is 109 Å². The summed E-state index contributed by atoms with van der Waals surface area (Å²) in [6.45, 7) is 22.5. The van der Waals surface area contributed by atoms with Crippen LogP contribution in [0.4, 0.5) is 0 Å². The van der Waals surface area contributed by atoms with Gasteiger partial charge < -0.3 is 24.8 Å². The summed E-state index contributed by atoms with van der Waals surface area (Å²) in [5, 5.41) is 5.49. The normalized spacial score (nSPS) is 15.0. The van der Waals surface area contributed by atoms with Gasteiger partial charge in [-0.1, -0.05) is 116 Å². The molecule has 47 heavy (non-hydrogen) atoms. The predicted molar refractivity (Wildman–Crippen MR) is 194 cm³/mol. The maximum atomic E-state index is 3.26. The molecule has 5 aromatic rings. The quantitative estimate of drug-likeness (QED) is 0.166. The van der Waals surface area contributed by atoms with E-state index in [0.717, 1.165) is 0 Å². The Balaban J connectivity index is 0.000000201. The van der Waals surface area contributed by atoms with E-state index in [2.05, 4.69) is 178 Å². The number of hydrogen-bond acceptors (Lipinski definition) is 0. The Labute approximate surface area is 311 Å². The number of hydrogen-bond donors (Lipinski definition) is 0. The van der Waals surface area contributed by atoms with Crippen molar-refractivity contribution in [1.29, 1.82) is 0 Å². The zero-order chi connectivity index (χ0) is 32.7. The van der Waals surface area contributed by atoms with Crippen LogP contribution < -0.4 is 24.8 Å². The second-order valence-electron chi connectivity index (χ2n) is 15.7. The number of halogens is 2. The molecule has 0 aliphatic heterocycles. The Hall–Kier alpha value is -2.44. The van der Waals surface area contributed by atoms with Gasteiger partial charge in [0.25, 0.3) is 0 Å². The molecular formula is C44H48Cl2Zr-2. The summed E-state index contributed by atoms with van der Waals surface area (Å²) in [6, 6.07) is 33.5. The van der Waals surface area contributed by atoms with Crippen LogP contribution in [-0.2, 0) is 35.1 Å². The first-order valence-electron chi connectivity index (χ1n) is 16.3. The average molecular weight is 739 g/mol. The van der Waals surface area contributed by atoms with Gasteiger partial charge in [-0.15, -0.1) is 39.7 Å². The molecule has 2 aliphatic rings.